The highest BCUT2D eigenvalue weighted by molar-refractivity contribution is 5.97. The lowest BCUT2D eigenvalue weighted by Gasteiger charge is -2.16. The molecule has 0 bridgehead atoms. The van der Waals surface area contributed by atoms with Gasteiger partial charge in [0.1, 0.15) is 5.69 Å². The minimum Gasteiger partial charge on any atom is -0.395 e. The molecule has 0 saturated carbocycles. The number of nitrogens with two attached hydrogens (primary N) is 1. The van der Waals surface area contributed by atoms with Crippen LogP contribution >= 0.6 is 0 Å². The molecule has 0 atom stereocenters. The smallest absolute Gasteiger partial charge is 0.274 e. The fraction of sp³-hybridized carbons (Fsp3) is 0.364. The number of hydrogen-bond donors (Lipinski definition) is 2. The molecule has 2 rings (SSSR count). The van der Waals surface area contributed by atoms with E-state index in [1.165, 1.54) is 4.68 Å². The first-order valence-corrected chi connectivity index (χ1v) is 5.53. The van der Waals surface area contributed by atoms with Crippen LogP contribution in [-0.4, -0.2) is 37.8 Å². The Bertz CT molecular complexity index is 556. The maximum atomic E-state index is 12.3. The first kappa shape index (κ1) is 12.2. The number of aromatic amines is 1. The second-order valence-electron chi connectivity index (χ2n) is 4.24. The summed E-state index contributed by atoms with van der Waals surface area (Å²) in [6, 6.07) is 0. The van der Waals surface area contributed by atoms with Crippen LogP contribution in [-0.2, 0) is 13.6 Å². The summed E-state index contributed by atoms with van der Waals surface area (Å²) in [7, 11) is 3.43. The fourth-order valence-corrected chi connectivity index (χ4v) is 1.82. The molecule has 0 spiro atoms. The second kappa shape index (κ2) is 4.52. The maximum Gasteiger partial charge on any atom is 0.274 e. The third kappa shape index (κ3) is 2.06. The predicted octanol–water partition coefficient (Wildman–Crippen LogP) is 0.306. The highest BCUT2D eigenvalue weighted by Crippen LogP contribution is 2.17. The number of hydrogen-bond acceptors (Lipinski definition) is 4. The summed E-state index contributed by atoms with van der Waals surface area (Å²) in [5.74, 6) is -0.156. The van der Waals surface area contributed by atoms with E-state index in [4.69, 9.17) is 5.73 Å². The largest absolute Gasteiger partial charge is 0.395 e. The lowest BCUT2D eigenvalue weighted by Crippen LogP contribution is -2.28. The van der Waals surface area contributed by atoms with Crippen LogP contribution in [0.1, 0.15) is 21.7 Å². The van der Waals surface area contributed by atoms with Gasteiger partial charge in [-0.2, -0.15) is 10.2 Å². The van der Waals surface area contributed by atoms with Crippen molar-refractivity contribution in [2.45, 2.75) is 13.5 Å². The van der Waals surface area contributed by atoms with E-state index >= 15 is 0 Å². The first-order valence-electron chi connectivity index (χ1n) is 5.53. The van der Waals surface area contributed by atoms with E-state index in [1.807, 2.05) is 0 Å². The van der Waals surface area contributed by atoms with Gasteiger partial charge in [0.2, 0.25) is 0 Å². The third-order valence-electron chi connectivity index (χ3n) is 2.79. The normalized spacial score (nSPS) is 10.6. The molecular formula is C11H16N6O. The Hall–Kier alpha value is -2.31. The van der Waals surface area contributed by atoms with Crippen LogP contribution in [0.15, 0.2) is 12.4 Å². The molecule has 7 heteroatoms. The summed E-state index contributed by atoms with van der Waals surface area (Å²) in [5.41, 5.74) is 8.31. The Morgan fingerprint density at radius 1 is 1.61 bits per heavy atom. The number of carbonyl (C=O) groups is 1. The fourth-order valence-electron chi connectivity index (χ4n) is 1.82. The van der Waals surface area contributed by atoms with E-state index in [0.29, 0.717) is 23.6 Å². The van der Waals surface area contributed by atoms with Gasteiger partial charge >= 0.3 is 0 Å². The van der Waals surface area contributed by atoms with E-state index in [2.05, 4.69) is 15.3 Å². The van der Waals surface area contributed by atoms with E-state index in [-0.39, 0.29) is 5.91 Å². The Balaban J connectivity index is 2.20. The first-order chi connectivity index (χ1) is 8.50. The lowest BCUT2D eigenvalue weighted by molar-refractivity contribution is 0.0775. The number of amides is 1. The van der Waals surface area contributed by atoms with Crippen molar-refractivity contribution in [2.24, 2.45) is 7.05 Å². The molecule has 7 nitrogen and oxygen atoms in total. The molecule has 0 aliphatic carbocycles. The van der Waals surface area contributed by atoms with Crippen LogP contribution in [0, 0.1) is 6.92 Å². The number of rotatable bonds is 3. The van der Waals surface area contributed by atoms with Gasteiger partial charge in [0.25, 0.3) is 5.91 Å². The number of aryl methyl sites for hydroxylation is 2. The molecule has 0 aliphatic rings. The van der Waals surface area contributed by atoms with Crippen molar-refractivity contribution < 1.29 is 4.79 Å². The van der Waals surface area contributed by atoms with Crippen molar-refractivity contribution in [2.75, 3.05) is 12.8 Å². The Morgan fingerprint density at radius 2 is 2.33 bits per heavy atom. The number of carbonyl (C=O) groups excluding carboxylic acids is 1. The van der Waals surface area contributed by atoms with Crippen LogP contribution in [0.25, 0.3) is 0 Å². The molecule has 0 aromatic carbocycles. The highest BCUT2D eigenvalue weighted by Gasteiger charge is 2.21. The predicted molar refractivity (Wildman–Crippen MR) is 66.7 cm³/mol. The van der Waals surface area contributed by atoms with Crippen molar-refractivity contribution in [3.63, 3.8) is 0 Å². The van der Waals surface area contributed by atoms with Gasteiger partial charge in [-0.05, 0) is 6.92 Å². The Labute approximate surface area is 105 Å². The molecule has 2 heterocycles. The van der Waals surface area contributed by atoms with Gasteiger partial charge in [-0.3, -0.25) is 14.6 Å². The molecule has 18 heavy (non-hydrogen) atoms. The Morgan fingerprint density at radius 3 is 2.83 bits per heavy atom. The van der Waals surface area contributed by atoms with Crippen LogP contribution < -0.4 is 5.73 Å². The molecule has 0 unspecified atom stereocenters. The molecule has 2 aromatic rings. The van der Waals surface area contributed by atoms with Gasteiger partial charge in [-0.25, -0.2) is 0 Å². The molecule has 0 radical (unpaired) electrons. The zero-order valence-corrected chi connectivity index (χ0v) is 10.6. The van der Waals surface area contributed by atoms with Crippen LogP contribution in [0.4, 0.5) is 5.69 Å². The standard InChI is InChI=1S/C11H16N6O/c1-7-9(12)10(17(3)15-7)11(18)16(2)6-8-4-13-14-5-8/h4-5H,6,12H2,1-3H3,(H,13,14). The van der Waals surface area contributed by atoms with Crippen molar-refractivity contribution >= 4 is 11.6 Å². The number of anilines is 1. The van der Waals surface area contributed by atoms with Crippen molar-refractivity contribution in [1.82, 2.24) is 24.9 Å². The highest BCUT2D eigenvalue weighted by atomic mass is 16.2. The van der Waals surface area contributed by atoms with Crippen LogP contribution in [0.2, 0.25) is 0 Å². The molecule has 0 aliphatic heterocycles. The van der Waals surface area contributed by atoms with Crippen LogP contribution in [0.5, 0.6) is 0 Å². The molecule has 0 fully saturated rings. The lowest BCUT2D eigenvalue weighted by atomic mass is 10.2. The molecule has 2 aromatic heterocycles. The average molecular weight is 248 g/mol. The summed E-state index contributed by atoms with van der Waals surface area (Å²) in [6.45, 7) is 2.25. The van der Waals surface area contributed by atoms with Gasteiger partial charge < -0.3 is 10.6 Å². The third-order valence-corrected chi connectivity index (χ3v) is 2.79. The van der Waals surface area contributed by atoms with E-state index in [1.54, 1.807) is 38.3 Å². The molecule has 96 valence electrons. The summed E-state index contributed by atoms with van der Waals surface area (Å²) < 4.78 is 1.51. The topological polar surface area (TPSA) is 92.8 Å². The van der Waals surface area contributed by atoms with Gasteiger partial charge in [-0.15, -0.1) is 0 Å². The molecule has 3 N–H and O–H groups in total. The minimum absolute atomic E-state index is 0.156. The van der Waals surface area contributed by atoms with Gasteiger partial charge in [0, 0.05) is 32.4 Å². The van der Waals surface area contributed by atoms with Gasteiger partial charge in [-0.1, -0.05) is 0 Å². The zero-order valence-electron chi connectivity index (χ0n) is 10.6. The SMILES string of the molecule is Cc1nn(C)c(C(=O)N(C)Cc2cn[nH]c2)c1N. The summed E-state index contributed by atoms with van der Waals surface area (Å²) in [5, 5.41) is 10.7. The number of nitrogens with one attached hydrogen (secondary N) is 1. The number of nitrogen functional groups attached to an aromatic ring is 1. The second-order valence-corrected chi connectivity index (χ2v) is 4.24. The number of H-pyrrole nitrogens is 1. The monoisotopic (exact) mass is 248 g/mol. The van der Waals surface area contributed by atoms with Crippen LogP contribution in [0.3, 0.4) is 0 Å². The van der Waals surface area contributed by atoms with Crippen molar-refractivity contribution in [1.29, 1.82) is 0 Å². The summed E-state index contributed by atoms with van der Waals surface area (Å²) >= 11 is 0. The van der Waals surface area contributed by atoms with E-state index in [9.17, 15) is 4.79 Å². The molecular weight excluding hydrogens is 232 g/mol. The maximum absolute atomic E-state index is 12.3. The average Bonchev–Trinajstić information content (AvgIpc) is 2.88. The van der Waals surface area contributed by atoms with E-state index in [0.717, 1.165) is 5.56 Å². The zero-order chi connectivity index (χ0) is 13.3. The van der Waals surface area contributed by atoms with Gasteiger partial charge in [0.15, 0.2) is 0 Å². The van der Waals surface area contributed by atoms with Crippen molar-refractivity contribution in [3.8, 4) is 0 Å². The quantitative estimate of drug-likeness (QED) is 0.817. The summed E-state index contributed by atoms with van der Waals surface area (Å²) in [6.07, 6.45) is 3.43. The molecule has 1 amide bonds. The number of nitrogens with zero attached hydrogens (tertiary/aromatic N) is 4. The van der Waals surface area contributed by atoms with Crippen molar-refractivity contribution in [3.05, 3.63) is 29.3 Å². The molecule has 0 saturated heterocycles. The Kier molecular flexibility index (Phi) is 3.05. The summed E-state index contributed by atoms with van der Waals surface area (Å²) in [4.78, 5) is 13.9. The minimum atomic E-state index is -0.156. The number of aromatic nitrogens is 4. The van der Waals surface area contributed by atoms with E-state index < -0.39 is 0 Å². The van der Waals surface area contributed by atoms with Gasteiger partial charge in [0.05, 0.1) is 17.6 Å².